The molecule has 1 aromatic carbocycles. The summed E-state index contributed by atoms with van der Waals surface area (Å²) in [4.78, 5) is 10.9. The highest BCUT2D eigenvalue weighted by atomic mass is 16.4. The Bertz CT molecular complexity index is 427. The number of aromatic carboxylic acids is 1. The van der Waals surface area contributed by atoms with Crippen LogP contribution in [0.4, 0.5) is 0 Å². The molecule has 0 heterocycles. The zero-order valence-corrected chi connectivity index (χ0v) is 10.4. The molecule has 0 radical (unpaired) electrons. The molecule has 4 N–H and O–H groups in total. The molecule has 1 atom stereocenters. The molecule has 0 bridgehead atoms. The molecule has 17 heavy (non-hydrogen) atoms. The topological polar surface area (TPSA) is 83.5 Å². The summed E-state index contributed by atoms with van der Waals surface area (Å²) < 4.78 is 0. The van der Waals surface area contributed by atoms with Crippen LogP contribution in [-0.2, 0) is 0 Å². The van der Waals surface area contributed by atoms with E-state index >= 15 is 0 Å². The molecule has 4 nitrogen and oxygen atoms in total. The molecule has 0 unspecified atom stereocenters. The van der Waals surface area contributed by atoms with E-state index in [9.17, 15) is 9.90 Å². The van der Waals surface area contributed by atoms with Crippen molar-refractivity contribution in [3.05, 3.63) is 28.8 Å². The van der Waals surface area contributed by atoms with E-state index < -0.39 is 5.97 Å². The van der Waals surface area contributed by atoms with Crippen LogP contribution in [0.15, 0.2) is 12.1 Å². The Balaban J connectivity index is 3.17. The van der Waals surface area contributed by atoms with Gasteiger partial charge in [-0.15, -0.1) is 0 Å². The number of carbonyl (C=O) groups is 1. The number of benzene rings is 1. The maximum atomic E-state index is 10.9. The summed E-state index contributed by atoms with van der Waals surface area (Å²) in [5.74, 6) is -0.521. The highest BCUT2D eigenvalue weighted by Gasteiger charge is 2.17. The summed E-state index contributed by atoms with van der Waals surface area (Å²) in [6.45, 7) is 5.74. The number of aryl methyl sites for hydroxylation is 1. The van der Waals surface area contributed by atoms with E-state index in [0.717, 1.165) is 0 Å². The molecule has 0 amide bonds. The molecular formula is C13H19NO3. The average molecular weight is 237 g/mol. The minimum Gasteiger partial charge on any atom is -0.507 e. The second-order valence-electron chi connectivity index (χ2n) is 4.77. The van der Waals surface area contributed by atoms with Crippen molar-refractivity contribution in [1.82, 2.24) is 0 Å². The SMILES string of the molecule is Cc1cc(C(=O)O)cc([C@@H](N)CC(C)C)c1O. The molecular weight excluding hydrogens is 218 g/mol. The van der Waals surface area contributed by atoms with Gasteiger partial charge in [0.25, 0.3) is 0 Å². The molecule has 0 spiro atoms. The molecule has 0 aliphatic rings. The third-order valence-corrected chi connectivity index (χ3v) is 2.70. The van der Waals surface area contributed by atoms with Gasteiger partial charge in [-0.25, -0.2) is 4.79 Å². The van der Waals surface area contributed by atoms with Crippen molar-refractivity contribution >= 4 is 5.97 Å². The minimum absolute atomic E-state index is 0.100. The number of hydrogen-bond acceptors (Lipinski definition) is 3. The Morgan fingerprint density at radius 2 is 2.00 bits per heavy atom. The first-order valence-corrected chi connectivity index (χ1v) is 5.65. The number of carboxylic acid groups (broad SMARTS) is 1. The Hall–Kier alpha value is -1.55. The lowest BCUT2D eigenvalue weighted by molar-refractivity contribution is 0.0696. The van der Waals surface area contributed by atoms with Crippen molar-refractivity contribution in [2.75, 3.05) is 0 Å². The normalized spacial score (nSPS) is 12.8. The quantitative estimate of drug-likeness (QED) is 0.751. The van der Waals surface area contributed by atoms with Crippen molar-refractivity contribution in [1.29, 1.82) is 0 Å². The average Bonchev–Trinajstić information content (AvgIpc) is 2.20. The molecule has 94 valence electrons. The van der Waals surface area contributed by atoms with Gasteiger partial charge in [-0.05, 0) is 37.0 Å². The van der Waals surface area contributed by atoms with Crippen molar-refractivity contribution in [3.63, 3.8) is 0 Å². The standard InChI is InChI=1S/C13H19NO3/c1-7(2)4-11(14)10-6-9(13(16)17)5-8(3)12(10)15/h5-7,11,15H,4,14H2,1-3H3,(H,16,17)/t11-/m0/s1. The minimum atomic E-state index is -1.01. The van der Waals surface area contributed by atoms with E-state index in [-0.39, 0.29) is 17.4 Å². The number of hydrogen-bond donors (Lipinski definition) is 3. The molecule has 1 rings (SSSR count). The van der Waals surface area contributed by atoms with Gasteiger partial charge in [0.05, 0.1) is 5.56 Å². The Morgan fingerprint density at radius 1 is 1.41 bits per heavy atom. The smallest absolute Gasteiger partial charge is 0.335 e. The van der Waals surface area contributed by atoms with Crippen LogP contribution >= 0.6 is 0 Å². The van der Waals surface area contributed by atoms with E-state index in [4.69, 9.17) is 10.8 Å². The van der Waals surface area contributed by atoms with Gasteiger partial charge in [-0.3, -0.25) is 0 Å². The molecule has 0 saturated heterocycles. The van der Waals surface area contributed by atoms with Crippen molar-refractivity contribution < 1.29 is 15.0 Å². The summed E-state index contributed by atoms with van der Waals surface area (Å²) in [5.41, 5.74) is 7.19. The number of nitrogens with two attached hydrogens (primary N) is 1. The Labute approximate surface area is 101 Å². The monoisotopic (exact) mass is 237 g/mol. The van der Waals surface area contributed by atoms with Crippen LogP contribution < -0.4 is 5.73 Å². The lowest BCUT2D eigenvalue weighted by Crippen LogP contribution is -2.14. The fourth-order valence-electron chi connectivity index (χ4n) is 1.85. The predicted octanol–water partition coefficient (Wildman–Crippen LogP) is 2.44. The summed E-state index contributed by atoms with van der Waals surface area (Å²) in [5, 5.41) is 18.9. The summed E-state index contributed by atoms with van der Waals surface area (Å²) in [7, 11) is 0. The molecule has 4 heteroatoms. The van der Waals surface area contributed by atoms with E-state index in [1.54, 1.807) is 6.92 Å². The van der Waals surface area contributed by atoms with Gasteiger partial charge in [-0.2, -0.15) is 0 Å². The lowest BCUT2D eigenvalue weighted by Gasteiger charge is -2.17. The molecule has 0 aliphatic carbocycles. The summed E-state index contributed by atoms with van der Waals surface area (Å²) in [6.07, 6.45) is 0.704. The number of rotatable bonds is 4. The fourth-order valence-corrected chi connectivity index (χ4v) is 1.85. The largest absolute Gasteiger partial charge is 0.507 e. The van der Waals surface area contributed by atoms with E-state index in [2.05, 4.69) is 0 Å². The summed E-state index contributed by atoms with van der Waals surface area (Å²) >= 11 is 0. The van der Waals surface area contributed by atoms with Crippen LogP contribution in [0.25, 0.3) is 0 Å². The second kappa shape index (κ2) is 5.19. The van der Waals surface area contributed by atoms with Crippen molar-refractivity contribution in [3.8, 4) is 5.75 Å². The highest BCUT2D eigenvalue weighted by Crippen LogP contribution is 2.31. The van der Waals surface area contributed by atoms with Crippen molar-refractivity contribution in [2.24, 2.45) is 11.7 Å². The van der Waals surface area contributed by atoms with Crippen LogP contribution in [0.3, 0.4) is 0 Å². The van der Waals surface area contributed by atoms with E-state index in [0.29, 0.717) is 23.5 Å². The van der Waals surface area contributed by atoms with Crippen LogP contribution in [-0.4, -0.2) is 16.2 Å². The lowest BCUT2D eigenvalue weighted by atomic mass is 9.94. The first-order valence-electron chi connectivity index (χ1n) is 5.65. The molecule has 0 fully saturated rings. The van der Waals surface area contributed by atoms with Gasteiger partial charge in [0, 0.05) is 11.6 Å². The van der Waals surface area contributed by atoms with Gasteiger partial charge < -0.3 is 15.9 Å². The predicted molar refractivity (Wildman–Crippen MR) is 66.2 cm³/mol. The van der Waals surface area contributed by atoms with Gasteiger partial charge in [-0.1, -0.05) is 13.8 Å². The molecule has 1 aromatic rings. The van der Waals surface area contributed by atoms with Crippen LogP contribution in [0, 0.1) is 12.8 Å². The fraction of sp³-hybridized carbons (Fsp3) is 0.462. The second-order valence-corrected chi connectivity index (χ2v) is 4.77. The van der Waals surface area contributed by atoms with Crippen LogP contribution in [0.5, 0.6) is 5.75 Å². The number of phenolic OH excluding ortho intramolecular Hbond substituents is 1. The molecule has 0 saturated carbocycles. The zero-order valence-electron chi connectivity index (χ0n) is 10.4. The number of phenols is 1. The summed E-state index contributed by atoms with van der Waals surface area (Å²) in [6, 6.07) is 2.56. The van der Waals surface area contributed by atoms with E-state index in [1.807, 2.05) is 13.8 Å². The molecule has 0 aromatic heterocycles. The van der Waals surface area contributed by atoms with Gasteiger partial charge in [0.15, 0.2) is 0 Å². The van der Waals surface area contributed by atoms with E-state index in [1.165, 1.54) is 12.1 Å². The number of carboxylic acids is 1. The van der Waals surface area contributed by atoms with Crippen molar-refractivity contribution in [2.45, 2.75) is 33.2 Å². The number of aromatic hydroxyl groups is 1. The molecule has 0 aliphatic heterocycles. The Kier molecular flexibility index (Phi) is 4.12. The first kappa shape index (κ1) is 13.5. The zero-order chi connectivity index (χ0) is 13.2. The van der Waals surface area contributed by atoms with Gasteiger partial charge >= 0.3 is 5.97 Å². The maximum absolute atomic E-state index is 10.9. The van der Waals surface area contributed by atoms with Gasteiger partial charge in [0.1, 0.15) is 5.75 Å². The van der Waals surface area contributed by atoms with Crippen LogP contribution in [0.2, 0.25) is 0 Å². The van der Waals surface area contributed by atoms with Gasteiger partial charge in [0.2, 0.25) is 0 Å². The first-order chi connectivity index (χ1) is 7.82. The van der Waals surface area contributed by atoms with Crippen LogP contribution in [0.1, 0.15) is 47.8 Å². The third kappa shape index (κ3) is 3.20. The maximum Gasteiger partial charge on any atom is 0.335 e. The third-order valence-electron chi connectivity index (χ3n) is 2.70. The highest BCUT2D eigenvalue weighted by molar-refractivity contribution is 5.88. The Morgan fingerprint density at radius 3 is 2.47 bits per heavy atom.